The molecule has 3 amide bonds. The number of aromatic nitrogens is 10. The van der Waals surface area contributed by atoms with Crippen molar-refractivity contribution in [3.05, 3.63) is 254 Å². The van der Waals surface area contributed by atoms with E-state index in [4.69, 9.17) is 43.5 Å². The summed E-state index contributed by atoms with van der Waals surface area (Å²) in [5, 5.41) is 17.7. The van der Waals surface area contributed by atoms with E-state index in [1.54, 1.807) is 6.33 Å². The zero-order valence-corrected chi connectivity index (χ0v) is 59.3. The van der Waals surface area contributed by atoms with Crippen LogP contribution in [0.25, 0.3) is 0 Å². The van der Waals surface area contributed by atoms with E-state index in [0.717, 1.165) is 50.8 Å². The summed E-state index contributed by atoms with van der Waals surface area (Å²) in [5.41, 5.74) is 6.40. The van der Waals surface area contributed by atoms with Crippen molar-refractivity contribution in [1.29, 1.82) is 0 Å². The fraction of sp³-hybridized carbons (Fsp3) is 0.234. The molecule has 0 bridgehead atoms. The van der Waals surface area contributed by atoms with Gasteiger partial charge in [0.2, 0.25) is 0 Å². The average Bonchev–Trinajstić information content (AvgIpc) is 1.74. The summed E-state index contributed by atoms with van der Waals surface area (Å²) in [6.45, 7) is -0.307. The molecule has 2 atom stereocenters. The molecule has 0 saturated carbocycles. The summed E-state index contributed by atoms with van der Waals surface area (Å²) < 4.78 is 125. The number of nitrogens with zero attached hydrogens (tertiary/aromatic N) is 9. The number of amides is 3. The molecule has 506 valence electrons. The average molecular weight is 1710 g/mol. The number of imidazole rings is 1. The number of nitrogens with two attached hydrogens (primary N) is 1. The van der Waals surface area contributed by atoms with Gasteiger partial charge in [-0.05, 0) is 89.9 Å². The van der Waals surface area contributed by atoms with Gasteiger partial charge in [0.15, 0.2) is 24.9 Å². The number of halogens is 12. The van der Waals surface area contributed by atoms with E-state index in [1.807, 2.05) is 59.3 Å². The van der Waals surface area contributed by atoms with Crippen LogP contribution in [0.1, 0.15) is 115 Å². The summed E-state index contributed by atoms with van der Waals surface area (Å²) in [5.74, 6) is -2.27. The van der Waals surface area contributed by atoms with Crippen molar-refractivity contribution in [3.8, 4) is 0 Å². The number of hydrogen-bond acceptors (Lipinski definition) is 12. The predicted octanol–water partition coefficient (Wildman–Crippen LogP) is 14.6. The van der Waals surface area contributed by atoms with Gasteiger partial charge in [0.25, 0.3) is 11.8 Å². The molecule has 5 heterocycles. The summed E-state index contributed by atoms with van der Waals surface area (Å²) in [4.78, 5) is 62.0. The third-order valence-corrected chi connectivity index (χ3v) is 15.7. The molecule has 0 aliphatic heterocycles. The first kappa shape index (κ1) is 74.9. The van der Waals surface area contributed by atoms with Gasteiger partial charge < -0.3 is 40.3 Å². The Hall–Kier alpha value is -7.86. The van der Waals surface area contributed by atoms with E-state index >= 15 is 0 Å². The summed E-state index contributed by atoms with van der Waals surface area (Å²) in [6, 6.07) is 35.7. The predicted molar refractivity (Wildman–Crippen MR) is 362 cm³/mol. The fourth-order valence-electron chi connectivity index (χ4n) is 11.3. The second-order valence-electron chi connectivity index (χ2n) is 21.1. The molecule has 2 aliphatic carbocycles. The molecule has 2 unspecified atom stereocenters. The first-order chi connectivity index (χ1) is 45.7. The molecule has 5 aromatic heterocycles. The zero-order valence-electron chi connectivity index (χ0n) is 50.2. The van der Waals surface area contributed by atoms with Crippen LogP contribution in [0.15, 0.2) is 159 Å². The topological polar surface area (TPSA) is 249 Å². The number of carbonyl (C=O) groups excluding carboxylic acids is 4. The minimum absolute atomic E-state index is 0. The quantitative estimate of drug-likeness (QED) is 0.0313. The molecule has 33 heteroatoms. The molecule has 2 aliphatic rings. The van der Waals surface area contributed by atoms with Crippen molar-refractivity contribution in [2.45, 2.75) is 76.0 Å². The van der Waals surface area contributed by atoms with Crippen molar-refractivity contribution in [2.24, 2.45) is 19.8 Å². The third-order valence-electron chi connectivity index (χ3n) is 15.1. The minimum atomic E-state index is -4.80. The Labute approximate surface area is 601 Å². The van der Waals surface area contributed by atoms with Gasteiger partial charge in [-0.2, -0.15) is 36.5 Å². The Balaban J connectivity index is 0.000000182. The van der Waals surface area contributed by atoms with Gasteiger partial charge in [-0.3, -0.25) is 14.7 Å². The Morgan fingerprint density at radius 2 is 1.19 bits per heavy atom. The Morgan fingerprint density at radius 3 is 1.64 bits per heavy atom. The number of alkyl carbamates (subject to hydrolysis) is 1. The van der Waals surface area contributed by atoms with E-state index in [9.17, 15) is 54.3 Å². The third kappa shape index (κ3) is 17.5. The van der Waals surface area contributed by atoms with Crippen molar-refractivity contribution in [3.63, 3.8) is 0 Å². The van der Waals surface area contributed by atoms with Crippen LogP contribution in [0.2, 0.25) is 10.0 Å². The number of rotatable bonds is 13. The maximum absolute atomic E-state index is 14.0. The Kier molecular flexibility index (Phi) is 25.2. The van der Waals surface area contributed by atoms with Crippen LogP contribution >= 0.6 is 68.4 Å². The molecule has 0 spiro atoms. The van der Waals surface area contributed by atoms with E-state index in [1.165, 1.54) is 79.2 Å². The maximum atomic E-state index is 14.0. The van der Waals surface area contributed by atoms with Gasteiger partial charge in [0, 0.05) is 55.0 Å². The van der Waals surface area contributed by atoms with Gasteiger partial charge >= 0.3 is 93.8 Å². The number of hydrogen-bond donors (Lipinski definition) is 5. The normalized spacial score (nSPS) is 13.9. The van der Waals surface area contributed by atoms with Crippen molar-refractivity contribution in [2.75, 3.05) is 10.6 Å². The van der Waals surface area contributed by atoms with E-state index < -0.39 is 77.0 Å². The molecule has 10 aromatic rings. The van der Waals surface area contributed by atoms with Gasteiger partial charge in [0.1, 0.15) is 58.9 Å². The van der Waals surface area contributed by atoms with Gasteiger partial charge in [-0.15, -0.1) is 0 Å². The number of anilines is 2. The van der Waals surface area contributed by atoms with Crippen LogP contribution in [0, 0.1) is 11.6 Å². The van der Waals surface area contributed by atoms with Crippen molar-refractivity contribution >= 4 is 128 Å². The summed E-state index contributed by atoms with van der Waals surface area (Å²) in [6.07, 6.45) is -2.70. The Bertz CT molecular complexity index is 4260. The van der Waals surface area contributed by atoms with E-state index in [0.29, 0.717) is 17.8 Å². The van der Waals surface area contributed by atoms with E-state index in [-0.39, 0.29) is 95.2 Å². The standard InChI is InChI=1S/C26H21N5O2.C20H17ClF4N6O3.C16H14ClF4N3O.CHI2.CH4.In/c32-25(30-17-16-27-19-30)33-18-24-28-20-31(29-24)26(21-10-4-1-5-11-21,22-12-6-2-7-13-22)23-14-8-3-9-15-23;1-31-16(18(32)28-9-2-4-12(22)11(21)6-9)10-3-5-13(15(10)17(31)20(23,24)25)29-19(33)34-7-14-26-8-27-30-14;1-24-13(15(25)23-7-2-4-10(18)9(17)6-7)8-3-5-11(22)12(8)14(24)16(19,20)21;2-1-3;;/h1-17,19-20H,18H2;2,4,6,8,13H,3,5,7H2,1H3,(H,28,32)(H,29,33)(H,26,27,30);2,4,6,11H,3,5,22H2,1H3,(H,23,25);1H;1H4;. The van der Waals surface area contributed by atoms with Gasteiger partial charge in [-0.25, -0.2) is 42.6 Å². The SMILES string of the molecule is C.Cn1c(C(=O)Nc2ccc(F)c(Cl)c2)c2c(c1C(F)(F)F)C(N)CC2.Cn1c(C(=O)Nc2ccc(F)c(Cl)c2)c2c(c1C(F)(F)F)C(NC(=O)OCc1ncn[nH]1)CC2.O=C(OCc1ncn(C(c2ccccc2)(c2ccccc2)c2ccccc2)n1)n1ccnc1.[In][CH](I)I. The van der Waals surface area contributed by atoms with Crippen molar-refractivity contribution < 1.29 is 63.8 Å². The fourth-order valence-corrected chi connectivity index (χ4v) is 11.6. The number of H-pyrrole nitrogens is 1. The van der Waals surface area contributed by atoms with Crippen LogP contribution in [0.4, 0.5) is 56.1 Å². The van der Waals surface area contributed by atoms with E-state index in [2.05, 4.69) is 123 Å². The number of carbonyl (C=O) groups is 4. The number of ether oxygens (including phenoxy) is 2. The number of alkyl halides is 8. The van der Waals surface area contributed by atoms with Crippen LogP contribution in [0.3, 0.4) is 0 Å². The first-order valence-electron chi connectivity index (χ1n) is 28.6. The molecular weight excluding hydrogens is 1650 g/mol. The van der Waals surface area contributed by atoms with Crippen LogP contribution in [-0.2, 0) is 67.5 Å². The molecule has 6 N–H and O–H groups in total. The van der Waals surface area contributed by atoms with Gasteiger partial charge in [0.05, 0.1) is 16.1 Å². The second kappa shape index (κ2) is 32.7. The molecule has 12 rings (SSSR count). The molecule has 97 heavy (non-hydrogen) atoms. The zero-order chi connectivity index (χ0) is 69.2. The second-order valence-corrected chi connectivity index (χ2v) is 36.7. The monoisotopic (exact) mass is 1710 g/mol. The van der Waals surface area contributed by atoms with Crippen molar-refractivity contribution in [1.82, 2.24) is 53.9 Å². The van der Waals surface area contributed by atoms with Gasteiger partial charge in [-0.1, -0.05) is 122 Å². The number of benzene rings is 5. The number of nitrogens with one attached hydrogen (secondary N) is 4. The molecule has 5 aromatic carbocycles. The Morgan fingerprint density at radius 1 is 0.701 bits per heavy atom. The molecule has 0 saturated heterocycles. The number of fused-ring (bicyclic) bond motifs is 2. The first-order valence-corrected chi connectivity index (χ1v) is 33.7. The summed E-state index contributed by atoms with van der Waals surface area (Å²) >= 11 is 17.5. The molecule has 2 radical (unpaired) electrons. The van der Waals surface area contributed by atoms with Crippen LogP contribution < -0.4 is 21.7 Å². The van der Waals surface area contributed by atoms with Crippen LogP contribution in [0.5, 0.6) is 0 Å². The molecule has 20 nitrogen and oxygen atoms in total. The molecular formula is C64H57Cl2F8I2InN14O6. The number of aromatic amines is 1. The summed E-state index contributed by atoms with van der Waals surface area (Å²) in [7, 11) is 2.30. The van der Waals surface area contributed by atoms with Crippen LogP contribution in [-0.4, -0.2) is 96.7 Å². The molecule has 0 fully saturated rings.